The van der Waals surface area contributed by atoms with E-state index in [-0.39, 0.29) is 25.7 Å². The Morgan fingerprint density at radius 3 is 2.12 bits per heavy atom. The molecule has 1 aliphatic rings. The van der Waals surface area contributed by atoms with E-state index in [0.717, 1.165) is 22.3 Å². The van der Waals surface area contributed by atoms with Gasteiger partial charge in [0.1, 0.15) is 0 Å². The van der Waals surface area contributed by atoms with Crippen molar-refractivity contribution in [2.45, 2.75) is 5.92 Å². The van der Waals surface area contributed by atoms with Crippen LogP contribution in [0.5, 0.6) is 0 Å². The van der Waals surface area contributed by atoms with E-state index in [2.05, 4.69) is 22.0 Å². The predicted molar refractivity (Wildman–Crippen MR) is 94.0 cm³/mol. The summed E-state index contributed by atoms with van der Waals surface area (Å²) in [6, 6.07) is 16.1. The van der Waals surface area contributed by atoms with Crippen LogP contribution in [0.1, 0.15) is 17.0 Å². The fraction of sp³-hybridized carbons (Fsp3) is 0.235. The molecule has 1 aliphatic carbocycles. The molecule has 25 heavy (non-hydrogen) atoms. The van der Waals surface area contributed by atoms with Gasteiger partial charge in [-0.15, -0.1) is 0 Å². The Labute approximate surface area is 145 Å². The molecule has 0 saturated carbocycles. The molecule has 2 aromatic carbocycles. The molecule has 0 radical (unpaired) electrons. The van der Waals surface area contributed by atoms with Crippen LogP contribution in [-0.4, -0.2) is 40.5 Å². The topological polar surface area (TPSA) is 108 Å². The van der Waals surface area contributed by atoms with Gasteiger partial charge in [0.15, 0.2) is 0 Å². The molecular formula is C17H20NO6P. The van der Waals surface area contributed by atoms with Crippen LogP contribution in [0.3, 0.4) is 0 Å². The van der Waals surface area contributed by atoms with Crippen molar-refractivity contribution < 1.29 is 28.7 Å². The zero-order chi connectivity index (χ0) is 17.9. The quantitative estimate of drug-likeness (QED) is 0.460. The fourth-order valence-electron chi connectivity index (χ4n) is 2.99. The Kier molecular flexibility index (Phi) is 5.32. The zero-order valence-electron chi connectivity index (χ0n) is 13.4. The Morgan fingerprint density at radius 2 is 1.56 bits per heavy atom. The van der Waals surface area contributed by atoms with E-state index in [0.29, 0.717) is 0 Å². The van der Waals surface area contributed by atoms with Gasteiger partial charge in [0.05, 0.1) is 0 Å². The number of amides is 1. The second kappa shape index (κ2) is 7.47. The summed E-state index contributed by atoms with van der Waals surface area (Å²) < 4.78 is 9.68. The summed E-state index contributed by atoms with van der Waals surface area (Å²) in [5.74, 6) is -0.0261. The molecule has 0 aromatic heterocycles. The van der Waals surface area contributed by atoms with Gasteiger partial charge in [0, 0.05) is 0 Å². The van der Waals surface area contributed by atoms with E-state index < -0.39 is 14.3 Å². The standard InChI is InChI=1S/C17H20NO6P/c19-17(18-9-10-24-25(20,21)22)23-11-16-14-7-3-1-5-12(14)13-6-2-4-8-15(13)16/h1-8,16,20-22,25H,9-11H2,(H,18,19). The number of rotatable bonds is 6. The second-order valence-electron chi connectivity index (χ2n) is 5.67. The van der Waals surface area contributed by atoms with Gasteiger partial charge in [0.25, 0.3) is 0 Å². The molecule has 7 nitrogen and oxygen atoms in total. The average Bonchev–Trinajstić information content (AvgIpc) is 2.90. The Hall–Kier alpha value is -2.02. The van der Waals surface area contributed by atoms with Crippen LogP contribution in [0.25, 0.3) is 11.1 Å². The minimum absolute atomic E-state index is 0.00684. The predicted octanol–water partition coefficient (Wildman–Crippen LogP) is 1.93. The summed E-state index contributed by atoms with van der Waals surface area (Å²) >= 11 is 0. The van der Waals surface area contributed by atoms with Gasteiger partial charge in [-0.3, -0.25) is 0 Å². The summed E-state index contributed by atoms with van der Waals surface area (Å²) in [4.78, 5) is 37.9. The van der Waals surface area contributed by atoms with Crippen LogP contribution in [0.15, 0.2) is 48.5 Å². The molecule has 134 valence electrons. The Bertz CT molecular complexity index is 715. The van der Waals surface area contributed by atoms with E-state index >= 15 is 0 Å². The van der Waals surface area contributed by atoms with Crippen molar-refractivity contribution in [3.05, 3.63) is 59.7 Å². The van der Waals surface area contributed by atoms with Crippen LogP contribution in [0.2, 0.25) is 0 Å². The summed E-state index contributed by atoms with van der Waals surface area (Å²) in [5, 5.41) is 2.43. The van der Waals surface area contributed by atoms with Crippen molar-refractivity contribution >= 4 is 14.3 Å². The van der Waals surface area contributed by atoms with Crippen molar-refractivity contribution in [3.8, 4) is 11.1 Å². The normalized spacial score (nSPS) is 13.9. The molecule has 4 N–H and O–H groups in total. The molecule has 0 unspecified atom stereocenters. The number of alkyl carbamates (subject to hydrolysis) is 1. The third-order valence-corrected chi connectivity index (χ3v) is 4.60. The number of fused-ring (bicyclic) bond motifs is 3. The first-order valence-electron chi connectivity index (χ1n) is 7.85. The van der Waals surface area contributed by atoms with E-state index in [1.54, 1.807) is 0 Å². The number of hydrogen-bond acceptors (Lipinski definition) is 6. The summed E-state index contributed by atoms with van der Waals surface area (Å²) in [5.41, 5.74) is 4.54. The van der Waals surface area contributed by atoms with Crippen molar-refractivity contribution in [1.82, 2.24) is 5.32 Å². The van der Waals surface area contributed by atoms with Gasteiger partial charge in [0.2, 0.25) is 0 Å². The molecule has 8 heteroatoms. The van der Waals surface area contributed by atoms with E-state index in [4.69, 9.17) is 19.4 Å². The van der Waals surface area contributed by atoms with Crippen LogP contribution < -0.4 is 5.32 Å². The monoisotopic (exact) mass is 365 g/mol. The summed E-state index contributed by atoms with van der Waals surface area (Å²) in [7, 11) is -4.54. The molecule has 0 saturated heterocycles. The zero-order valence-corrected chi connectivity index (χ0v) is 14.4. The van der Waals surface area contributed by atoms with Crippen LogP contribution >= 0.6 is 8.17 Å². The Balaban J connectivity index is 1.57. The molecule has 0 atom stereocenters. The van der Waals surface area contributed by atoms with Crippen molar-refractivity contribution in [3.63, 3.8) is 0 Å². The number of nitrogens with one attached hydrogen (secondary N) is 1. The number of carbonyl (C=O) groups is 1. The van der Waals surface area contributed by atoms with Gasteiger partial charge in [-0.1, -0.05) is 0 Å². The Morgan fingerprint density at radius 1 is 1.00 bits per heavy atom. The molecule has 1 amide bonds. The van der Waals surface area contributed by atoms with Crippen LogP contribution in [0.4, 0.5) is 4.79 Å². The third-order valence-electron chi connectivity index (χ3n) is 4.01. The first-order chi connectivity index (χ1) is 12.0. The summed E-state index contributed by atoms with van der Waals surface area (Å²) in [6.45, 7) is -0.0353. The number of benzene rings is 2. The molecule has 2 aromatic rings. The van der Waals surface area contributed by atoms with Crippen LogP contribution in [-0.2, 0) is 9.26 Å². The molecular weight excluding hydrogens is 345 g/mol. The molecule has 0 bridgehead atoms. The molecule has 3 rings (SSSR count). The summed E-state index contributed by atoms with van der Waals surface area (Å²) in [6.07, 6.45) is -0.633. The average molecular weight is 365 g/mol. The van der Waals surface area contributed by atoms with Crippen molar-refractivity contribution in [2.75, 3.05) is 19.8 Å². The maximum atomic E-state index is 11.8. The number of ether oxygens (including phenoxy) is 1. The molecule has 0 spiro atoms. The van der Waals surface area contributed by atoms with E-state index in [1.807, 2.05) is 36.4 Å². The molecule has 0 aliphatic heterocycles. The van der Waals surface area contributed by atoms with Gasteiger partial charge < -0.3 is 0 Å². The number of hydrogen-bond donors (Lipinski definition) is 4. The van der Waals surface area contributed by atoms with Gasteiger partial charge in [-0.25, -0.2) is 0 Å². The van der Waals surface area contributed by atoms with Gasteiger partial charge in [-0.2, -0.15) is 0 Å². The van der Waals surface area contributed by atoms with Crippen LogP contribution in [0, 0.1) is 0 Å². The third kappa shape index (κ3) is 4.34. The van der Waals surface area contributed by atoms with Gasteiger partial charge in [-0.05, 0) is 0 Å². The first-order valence-corrected chi connectivity index (χ1v) is 9.60. The second-order valence-corrected chi connectivity index (χ2v) is 7.11. The SMILES string of the molecule is O=C(NCCO[PH](O)(O)O)OCC1c2ccccc2-c2ccccc21. The minimum atomic E-state index is -4.54. The first kappa shape index (κ1) is 17.8. The fourth-order valence-corrected chi connectivity index (χ4v) is 3.37. The van der Waals surface area contributed by atoms with E-state index in [9.17, 15) is 4.79 Å². The van der Waals surface area contributed by atoms with Crippen molar-refractivity contribution in [1.29, 1.82) is 0 Å². The van der Waals surface area contributed by atoms with Crippen molar-refractivity contribution in [2.24, 2.45) is 0 Å². The van der Waals surface area contributed by atoms with E-state index in [1.165, 1.54) is 0 Å². The molecule has 0 heterocycles. The molecule has 0 fully saturated rings. The number of carbonyl (C=O) groups excluding carboxylic acids is 1. The maximum absolute atomic E-state index is 11.8. The van der Waals surface area contributed by atoms with Gasteiger partial charge >= 0.3 is 145 Å².